The van der Waals surface area contributed by atoms with E-state index in [1.807, 2.05) is 0 Å². The molecule has 0 radical (unpaired) electrons. The summed E-state index contributed by atoms with van der Waals surface area (Å²) in [5.41, 5.74) is 0.0359. The van der Waals surface area contributed by atoms with Gasteiger partial charge in [-0.05, 0) is 30.6 Å². The van der Waals surface area contributed by atoms with Gasteiger partial charge in [0.25, 0.3) is 0 Å². The lowest BCUT2D eigenvalue weighted by Gasteiger charge is -2.19. The zero-order valence-electron chi connectivity index (χ0n) is 12.3. The summed E-state index contributed by atoms with van der Waals surface area (Å²) < 4.78 is 0. The Morgan fingerprint density at radius 2 is 1.32 bits per heavy atom. The predicted molar refractivity (Wildman–Crippen MR) is 75.0 cm³/mol. The summed E-state index contributed by atoms with van der Waals surface area (Å²) in [4.78, 5) is 22.0. The van der Waals surface area contributed by atoms with Crippen molar-refractivity contribution in [3.05, 3.63) is 11.6 Å². The van der Waals surface area contributed by atoms with E-state index in [-0.39, 0.29) is 11.5 Å². The van der Waals surface area contributed by atoms with Crippen LogP contribution in [0.4, 0.5) is 0 Å². The molecule has 0 rings (SSSR count). The van der Waals surface area contributed by atoms with Crippen molar-refractivity contribution in [1.29, 1.82) is 0 Å². The van der Waals surface area contributed by atoms with Crippen LogP contribution in [0.3, 0.4) is 0 Å². The molecule has 0 fully saturated rings. The number of carboxylic acids is 2. The van der Waals surface area contributed by atoms with Crippen LogP contribution in [-0.2, 0) is 9.59 Å². The topological polar surface area (TPSA) is 74.6 Å². The first-order valence-electron chi connectivity index (χ1n) is 6.91. The molecule has 0 bridgehead atoms. The Morgan fingerprint density at radius 1 is 0.895 bits per heavy atom. The summed E-state index contributed by atoms with van der Waals surface area (Å²) in [6.07, 6.45) is 4.14. The predicted octanol–water partition coefficient (Wildman–Crippen LogP) is 3.57. The van der Waals surface area contributed by atoms with Gasteiger partial charge in [-0.25, -0.2) is 9.59 Å². The van der Waals surface area contributed by atoms with Gasteiger partial charge in [0.15, 0.2) is 0 Å². The van der Waals surface area contributed by atoms with Crippen LogP contribution in [0.15, 0.2) is 11.6 Å². The van der Waals surface area contributed by atoms with E-state index in [1.165, 1.54) is 0 Å². The fourth-order valence-electron chi connectivity index (χ4n) is 2.01. The van der Waals surface area contributed by atoms with Crippen molar-refractivity contribution in [2.75, 3.05) is 0 Å². The van der Waals surface area contributed by atoms with E-state index in [1.54, 1.807) is 0 Å². The molecule has 4 heteroatoms. The van der Waals surface area contributed by atoms with Crippen molar-refractivity contribution in [2.45, 2.75) is 53.4 Å². The molecule has 0 saturated heterocycles. The maximum Gasteiger partial charge on any atom is 0.332 e. The van der Waals surface area contributed by atoms with Gasteiger partial charge in [0.1, 0.15) is 0 Å². The SMILES string of the molecule is CC(C)CCC(CCC(C)C)/C(=C/C(=O)O)C(=O)O. The lowest BCUT2D eigenvalue weighted by molar-refractivity contribution is -0.135. The smallest absolute Gasteiger partial charge is 0.332 e. The molecule has 4 nitrogen and oxygen atoms in total. The van der Waals surface area contributed by atoms with Crippen LogP contribution in [0.1, 0.15) is 53.4 Å². The Hall–Kier alpha value is -1.32. The van der Waals surface area contributed by atoms with Crippen molar-refractivity contribution in [1.82, 2.24) is 0 Å². The van der Waals surface area contributed by atoms with E-state index >= 15 is 0 Å². The summed E-state index contributed by atoms with van der Waals surface area (Å²) in [5, 5.41) is 18.0. The van der Waals surface area contributed by atoms with Crippen LogP contribution in [-0.4, -0.2) is 22.2 Å². The molecular formula is C15H26O4. The van der Waals surface area contributed by atoms with Crippen LogP contribution >= 0.6 is 0 Å². The normalized spacial score (nSPS) is 12.5. The summed E-state index contributed by atoms with van der Waals surface area (Å²) in [6, 6.07) is 0. The Labute approximate surface area is 115 Å². The molecule has 0 aromatic rings. The summed E-state index contributed by atoms with van der Waals surface area (Å²) in [7, 11) is 0. The third-order valence-corrected chi connectivity index (χ3v) is 3.15. The molecule has 0 saturated carbocycles. The van der Waals surface area contributed by atoms with E-state index in [2.05, 4.69) is 27.7 Å². The van der Waals surface area contributed by atoms with Gasteiger partial charge in [-0.15, -0.1) is 0 Å². The molecule has 0 spiro atoms. The number of carboxylic acid groups (broad SMARTS) is 2. The van der Waals surface area contributed by atoms with Crippen LogP contribution in [0, 0.1) is 17.8 Å². The average Bonchev–Trinajstić information content (AvgIpc) is 2.25. The maximum absolute atomic E-state index is 11.2. The Balaban J connectivity index is 4.93. The van der Waals surface area contributed by atoms with Gasteiger partial charge < -0.3 is 10.2 Å². The van der Waals surface area contributed by atoms with Crippen molar-refractivity contribution in [3.8, 4) is 0 Å². The van der Waals surface area contributed by atoms with Crippen LogP contribution in [0.25, 0.3) is 0 Å². The maximum atomic E-state index is 11.2. The molecule has 0 aromatic carbocycles. The zero-order valence-corrected chi connectivity index (χ0v) is 12.3. The third-order valence-electron chi connectivity index (χ3n) is 3.15. The highest BCUT2D eigenvalue weighted by Gasteiger charge is 2.22. The minimum absolute atomic E-state index is 0.0359. The molecule has 0 aromatic heterocycles. The fraction of sp³-hybridized carbons (Fsp3) is 0.733. The largest absolute Gasteiger partial charge is 0.478 e. The number of aliphatic carboxylic acids is 2. The van der Waals surface area contributed by atoms with E-state index < -0.39 is 11.9 Å². The third kappa shape index (κ3) is 8.41. The molecule has 110 valence electrons. The number of carbonyl (C=O) groups is 2. The molecule has 0 unspecified atom stereocenters. The lowest BCUT2D eigenvalue weighted by atomic mass is 9.85. The van der Waals surface area contributed by atoms with E-state index in [0.29, 0.717) is 11.8 Å². The second-order valence-corrected chi connectivity index (χ2v) is 5.88. The van der Waals surface area contributed by atoms with E-state index in [4.69, 9.17) is 5.11 Å². The minimum atomic E-state index is -1.18. The highest BCUT2D eigenvalue weighted by molar-refractivity contribution is 5.95. The summed E-state index contributed by atoms with van der Waals surface area (Å²) in [5.74, 6) is -1.49. The van der Waals surface area contributed by atoms with Crippen LogP contribution in [0.5, 0.6) is 0 Å². The Morgan fingerprint density at radius 3 is 1.58 bits per heavy atom. The average molecular weight is 270 g/mol. The minimum Gasteiger partial charge on any atom is -0.478 e. The van der Waals surface area contributed by atoms with Crippen molar-refractivity contribution in [3.63, 3.8) is 0 Å². The first-order chi connectivity index (χ1) is 8.73. The molecular weight excluding hydrogens is 244 g/mol. The highest BCUT2D eigenvalue weighted by Crippen LogP contribution is 2.26. The lowest BCUT2D eigenvalue weighted by Crippen LogP contribution is -2.16. The molecule has 0 atom stereocenters. The second-order valence-electron chi connectivity index (χ2n) is 5.88. The molecule has 0 aliphatic heterocycles. The van der Waals surface area contributed by atoms with Crippen molar-refractivity contribution in [2.24, 2.45) is 17.8 Å². The van der Waals surface area contributed by atoms with Crippen LogP contribution < -0.4 is 0 Å². The van der Waals surface area contributed by atoms with Gasteiger partial charge in [-0.2, -0.15) is 0 Å². The monoisotopic (exact) mass is 270 g/mol. The molecule has 0 heterocycles. The van der Waals surface area contributed by atoms with Gasteiger partial charge in [-0.1, -0.05) is 40.5 Å². The van der Waals surface area contributed by atoms with Crippen LogP contribution in [0.2, 0.25) is 0 Å². The fourth-order valence-corrected chi connectivity index (χ4v) is 2.01. The van der Waals surface area contributed by atoms with Gasteiger partial charge in [0.05, 0.1) is 0 Å². The highest BCUT2D eigenvalue weighted by atomic mass is 16.4. The van der Waals surface area contributed by atoms with Crippen molar-refractivity contribution < 1.29 is 19.8 Å². The van der Waals surface area contributed by atoms with E-state index in [0.717, 1.165) is 31.8 Å². The Bertz CT molecular complexity index is 317. The number of rotatable bonds is 9. The summed E-state index contributed by atoms with van der Waals surface area (Å²) in [6.45, 7) is 8.34. The summed E-state index contributed by atoms with van der Waals surface area (Å²) >= 11 is 0. The van der Waals surface area contributed by atoms with E-state index in [9.17, 15) is 14.7 Å². The molecule has 2 N–H and O–H groups in total. The van der Waals surface area contributed by atoms with Gasteiger partial charge >= 0.3 is 11.9 Å². The molecule has 19 heavy (non-hydrogen) atoms. The zero-order chi connectivity index (χ0) is 15.0. The first kappa shape index (κ1) is 17.7. The number of hydrogen-bond acceptors (Lipinski definition) is 2. The molecule has 0 aliphatic carbocycles. The van der Waals surface area contributed by atoms with Gasteiger partial charge in [-0.3, -0.25) is 0 Å². The number of hydrogen-bond donors (Lipinski definition) is 2. The quantitative estimate of drug-likeness (QED) is 0.628. The molecule has 0 amide bonds. The van der Waals surface area contributed by atoms with Gasteiger partial charge in [0.2, 0.25) is 0 Å². The second kappa shape index (κ2) is 8.73. The first-order valence-corrected chi connectivity index (χ1v) is 6.91. The van der Waals surface area contributed by atoms with Crippen molar-refractivity contribution >= 4 is 11.9 Å². The Kier molecular flexibility index (Phi) is 8.12. The standard InChI is InChI=1S/C15H26O4/c1-10(2)5-7-12(8-6-11(3)4)13(15(18)19)9-14(16)17/h9-12H,5-8H2,1-4H3,(H,16,17)(H,18,19)/b13-9-. The molecule has 0 aliphatic rings. The van der Waals surface area contributed by atoms with Gasteiger partial charge in [0, 0.05) is 11.6 Å².